The lowest BCUT2D eigenvalue weighted by Gasteiger charge is -2.26. The summed E-state index contributed by atoms with van der Waals surface area (Å²) in [5.41, 5.74) is 5.33. The topological polar surface area (TPSA) is 47.3 Å². The molecule has 1 rings (SSSR count). The molecule has 0 aliphatic carbocycles. The van der Waals surface area contributed by atoms with Gasteiger partial charge < -0.3 is 4.74 Å². The van der Waals surface area contributed by atoms with E-state index in [0.29, 0.717) is 5.92 Å². The molecule has 0 amide bonds. The minimum atomic E-state index is 0.153. The molecule has 0 saturated carbocycles. The van der Waals surface area contributed by atoms with Crippen molar-refractivity contribution in [2.24, 2.45) is 11.8 Å². The Bertz CT molecular complexity index is 348. The summed E-state index contributed by atoms with van der Waals surface area (Å²) in [7, 11) is 1.70. The molecule has 0 aliphatic heterocycles. The molecule has 1 unspecified atom stereocenters. The summed E-state index contributed by atoms with van der Waals surface area (Å²) in [6, 6.07) is 6.38. The maximum absolute atomic E-state index is 5.72. The average molecular weight is 236 g/mol. The highest BCUT2D eigenvalue weighted by Crippen LogP contribution is 2.33. The van der Waals surface area contributed by atoms with Crippen molar-refractivity contribution in [1.82, 2.24) is 5.43 Å². The predicted molar refractivity (Wildman–Crippen MR) is 71.9 cm³/mol. The minimum absolute atomic E-state index is 0.153. The molecular weight excluding hydrogens is 212 g/mol. The van der Waals surface area contributed by atoms with Crippen LogP contribution in [-0.4, -0.2) is 7.11 Å². The molecule has 0 radical (unpaired) electrons. The van der Waals surface area contributed by atoms with E-state index in [1.807, 2.05) is 6.07 Å². The van der Waals surface area contributed by atoms with E-state index in [4.69, 9.17) is 10.6 Å². The maximum Gasteiger partial charge on any atom is 0.123 e. The summed E-state index contributed by atoms with van der Waals surface area (Å²) in [4.78, 5) is 0. The first-order chi connectivity index (χ1) is 8.17. The number of ether oxygens (including phenoxy) is 1. The van der Waals surface area contributed by atoms with Crippen LogP contribution in [0.5, 0.6) is 5.75 Å². The Balaban J connectivity index is 3.13. The monoisotopic (exact) mass is 236 g/mol. The number of nitrogens with one attached hydrogen (secondary N) is 1. The standard InChI is InChI=1S/C14H24N2O/c1-5-11(6-2)14(16-15)12-9-10(3)7-8-13(12)17-4/h7-9,11,14,16H,5-6,15H2,1-4H3. The third-order valence-electron chi connectivity index (χ3n) is 3.42. The van der Waals surface area contributed by atoms with Gasteiger partial charge in [-0.15, -0.1) is 0 Å². The van der Waals surface area contributed by atoms with Gasteiger partial charge >= 0.3 is 0 Å². The number of benzene rings is 1. The normalized spacial score (nSPS) is 12.8. The molecule has 0 aliphatic rings. The van der Waals surface area contributed by atoms with E-state index in [0.717, 1.165) is 24.2 Å². The number of nitrogens with two attached hydrogens (primary N) is 1. The Morgan fingerprint density at radius 1 is 1.29 bits per heavy atom. The Kier molecular flexibility index (Phi) is 5.45. The van der Waals surface area contributed by atoms with Crippen LogP contribution in [0.4, 0.5) is 0 Å². The molecule has 0 spiro atoms. The van der Waals surface area contributed by atoms with Gasteiger partial charge in [-0.3, -0.25) is 11.3 Å². The van der Waals surface area contributed by atoms with Crippen molar-refractivity contribution in [2.75, 3.05) is 7.11 Å². The first-order valence-electron chi connectivity index (χ1n) is 6.28. The van der Waals surface area contributed by atoms with Crippen LogP contribution < -0.4 is 16.0 Å². The summed E-state index contributed by atoms with van der Waals surface area (Å²) in [5, 5.41) is 0. The van der Waals surface area contributed by atoms with Gasteiger partial charge in [0.1, 0.15) is 5.75 Å². The fourth-order valence-electron chi connectivity index (χ4n) is 2.34. The van der Waals surface area contributed by atoms with E-state index < -0.39 is 0 Å². The zero-order valence-corrected chi connectivity index (χ0v) is 11.3. The van der Waals surface area contributed by atoms with E-state index in [9.17, 15) is 0 Å². The Morgan fingerprint density at radius 2 is 1.94 bits per heavy atom. The fraction of sp³-hybridized carbons (Fsp3) is 0.571. The summed E-state index contributed by atoms with van der Waals surface area (Å²) < 4.78 is 5.43. The first-order valence-corrected chi connectivity index (χ1v) is 6.28. The number of hydrogen-bond acceptors (Lipinski definition) is 3. The second kappa shape index (κ2) is 6.62. The maximum atomic E-state index is 5.72. The summed E-state index contributed by atoms with van der Waals surface area (Å²) in [6.07, 6.45) is 2.20. The molecule has 1 aromatic carbocycles. The largest absolute Gasteiger partial charge is 0.496 e. The molecule has 3 N–H and O–H groups in total. The lowest BCUT2D eigenvalue weighted by molar-refractivity contribution is 0.328. The van der Waals surface area contributed by atoms with Gasteiger partial charge in [0.25, 0.3) is 0 Å². The van der Waals surface area contributed by atoms with Gasteiger partial charge in [-0.2, -0.15) is 0 Å². The van der Waals surface area contributed by atoms with Crippen molar-refractivity contribution in [3.05, 3.63) is 29.3 Å². The van der Waals surface area contributed by atoms with Crippen LogP contribution >= 0.6 is 0 Å². The van der Waals surface area contributed by atoms with E-state index >= 15 is 0 Å². The van der Waals surface area contributed by atoms with Gasteiger partial charge in [0.05, 0.1) is 13.2 Å². The first kappa shape index (κ1) is 14.0. The third kappa shape index (κ3) is 3.20. The molecule has 0 aromatic heterocycles. The van der Waals surface area contributed by atoms with Crippen molar-refractivity contribution < 1.29 is 4.74 Å². The highest BCUT2D eigenvalue weighted by atomic mass is 16.5. The molecule has 1 atom stereocenters. The molecule has 17 heavy (non-hydrogen) atoms. The number of rotatable bonds is 6. The zero-order chi connectivity index (χ0) is 12.8. The fourth-order valence-corrected chi connectivity index (χ4v) is 2.34. The number of aryl methyl sites for hydroxylation is 1. The van der Waals surface area contributed by atoms with Crippen LogP contribution in [0.3, 0.4) is 0 Å². The highest BCUT2D eigenvalue weighted by Gasteiger charge is 2.22. The number of hydrogen-bond donors (Lipinski definition) is 2. The smallest absolute Gasteiger partial charge is 0.123 e. The molecule has 0 saturated heterocycles. The molecule has 0 heterocycles. The quantitative estimate of drug-likeness (QED) is 0.589. The molecule has 1 aromatic rings. The SMILES string of the molecule is CCC(CC)C(NN)c1cc(C)ccc1OC. The van der Waals surface area contributed by atoms with Crippen LogP contribution in [0.2, 0.25) is 0 Å². The van der Waals surface area contributed by atoms with Gasteiger partial charge in [0, 0.05) is 5.56 Å². The van der Waals surface area contributed by atoms with Gasteiger partial charge in [-0.05, 0) is 18.9 Å². The second-order valence-corrected chi connectivity index (χ2v) is 4.47. The Morgan fingerprint density at radius 3 is 2.41 bits per heavy atom. The number of methoxy groups -OCH3 is 1. The minimum Gasteiger partial charge on any atom is -0.496 e. The van der Waals surface area contributed by atoms with Crippen LogP contribution in [-0.2, 0) is 0 Å². The van der Waals surface area contributed by atoms with Gasteiger partial charge in [-0.25, -0.2) is 0 Å². The molecular formula is C14H24N2O. The highest BCUT2D eigenvalue weighted by molar-refractivity contribution is 5.39. The van der Waals surface area contributed by atoms with Crippen LogP contribution in [0, 0.1) is 12.8 Å². The summed E-state index contributed by atoms with van der Waals surface area (Å²) in [6.45, 7) is 6.48. The van der Waals surface area contributed by atoms with Gasteiger partial charge in [0.15, 0.2) is 0 Å². The van der Waals surface area contributed by atoms with Crippen molar-refractivity contribution in [3.63, 3.8) is 0 Å². The molecule has 0 fully saturated rings. The van der Waals surface area contributed by atoms with Crippen molar-refractivity contribution in [1.29, 1.82) is 0 Å². The van der Waals surface area contributed by atoms with Crippen LogP contribution in [0.25, 0.3) is 0 Å². The van der Waals surface area contributed by atoms with Crippen LogP contribution in [0.1, 0.15) is 43.9 Å². The van der Waals surface area contributed by atoms with E-state index in [-0.39, 0.29) is 6.04 Å². The number of hydrazine groups is 1. The van der Waals surface area contributed by atoms with Crippen LogP contribution in [0.15, 0.2) is 18.2 Å². The van der Waals surface area contributed by atoms with Crippen molar-refractivity contribution >= 4 is 0 Å². The average Bonchev–Trinajstić information content (AvgIpc) is 2.35. The van der Waals surface area contributed by atoms with Gasteiger partial charge in [0.2, 0.25) is 0 Å². The second-order valence-electron chi connectivity index (χ2n) is 4.47. The lowest BCUT2D eigenvalue weighted by Crippen LogP contribution is -2.33. The molecule has 96 valence electrons. The van der Waals surface area contributed by atoms with E-state index in [2.05, 4.69) is 38.3 Å². The lowest BCUT2D eigenvalue weighted by atomic mass is 9.88. The third-order valence-corrected chi connectivity index (χ3v) is 3.42. The van der Waals surface area contributed by atoms with Crippen molar-refractivity contribution in [2.45, 2.75) is 39.7 Å². The molecule has 3 heteroatoms. The predicted octanol–water partition coefficient (Wildman–Crippen LogP) is 2.94. The van der Waals surface area contributed by atoms with E-state index in [1.54, 1.807) is 7.11 Å². The Hall–Kier alpha value is -1.06. The molecule has 3 nitrogen and oxygen atoms in total. The molecule has 0 bridgehead atoms. The zero-order valence-electron chi connectivity index (χ0n) is 11.3. The summed E-state index contributed by atoms with van der Waals surface area (Å²) in [5.74, 6) is 7.16. The summed E-state index contributed by atoms with van der Waals surface area (Å²) >= 11 is 0. The van der Waals surface area contributed by atoms with E-state index in [1.165, 1.54) is 5.56 Å². The van der Waals surface area contributed by atoms with Crippen molar-refractivity contribution in [3.8, 4) is 5.75 Å². The van der Waals surface area contributed by atoms with Gasteiger partial charge in [-0.1, -0.05) is 44.4 Å². The Labute approximate surface area is 104 Å².